The van der Waals surface area contributed by atoms with Gasteiger partial charge in [0.25, 0.3) is 0 Å². The Morgan fingerprint density at radius 1 is 1.43 bits per heavy atom. The van der Waals surface area contributed by atoms with E-state index in [9.17, 15) is 0 Å². The number of thioether (sulfide) groups is 1. The van der Waals surface area contributed by atoms with Crippen molar-refractivity contribution in [2.75, 3.05) is 18.1 Å². The lowest BCUT2D eigenvalue weighted by Gasteiger charge is -2.35. The number of hydrogen-bond acceptors (Lipinski definition) is 2. The van der Waals surface area contributed by atoms with Crippen molar-refractivity contribution < 1.29 is 0 Å². The fourth-order valence-corrected chi connectivity index (χ4v) is 3.70. The summed E-state index contributed by atoms with van der Waals surface area (Å²) in [6.45, 7) is 8.43. The molecule has 2 rings (SSSR count). The van der Waals surface area contributed by atoms with Crippen LogP contribution in [0.1, 0.15) is 33.6 Å². The second-order valence-electron chi connectivity index (χ2n) is 5.96. The van der Waals surface area contributed by atoms with Gasteiger partial charge in [-0.1, -0.05) is 20.8 Å². The van der Waals surface area contributed by atoms with Crippen LogP contribution in [-0.2, 0) is 0 Å². The molecule has 1 saturated heterocycles. The molecule has 2 fully saturated rings. The van der Waals surface area contributed by atoms with Crippen LogP contribution in [0.3, 0.4) is 0 Å². The highest BCUT2D eigenvalue weighted by Crippen LogP contribution is 2.38. The first-order valence-electron chi connectivity index (χ1n) is 5.88. The lowest BCUT2D eigenvalue weighted by atomic mass is 9.88. The van der Waals surface area contributed by atoms with Gasteiger partial charge in [0.05, 0.1) is 0 Å². The minimum Gasteiger partial charge on any atom is -0.313 e. The topological polar surface area (TPSA) is 12.0 Å². The zero-order valence-electron chi connectivity index (χ0n) is 9.68. The monoisotopic (exact) mass is 213 g/mol. The summed E-state index contributed by atoms with van der Waals surface area (Å²) in [7, 11) is 0. The summed E-state index contributed by atoms with van der Waals surface area (Å²) < 4.78 is 0. The summed E-state index contributed by atoms with van der Waals surface area (Å²) in [5.41, 5.74) is 0.551. The predicted molar refractivity (Wildman–Crippen MR) is 64.8 cm³/mol. The molecule has 0 aromatic rings. The first-order chi connectivity index (χ1) is 6.57. The third kappa shape index (κ3) is 2.90. The molecule has 1 aliphatic heterocycles. The van der Waals surface area contributed by atoms with E-state index in [1.54, 1.807) is 0 Å². The lowest BCUT2D eigenvalue weighted by molar-refractivity contribution is 0.315. The van der Waals surface area contributed by atoms with Gasteiger partial charge in [-0.25, -0.2) is 0 Å². The van der Waals surface area contributed by atoms with Gasteiger partial charge in [0.2, 0.25) is 0 Å². The van der Waals surface area contributed by atoms with Crippen molar-refractivity contribution in [3.63, 3.8) is 0 Å². The molecule has 0 amide bonds. The minimum absolute atomic E-state index is 0.551. The molecule has 0 bridgehead atoms. The van der Waals surface area contributed by atoms with E-state index in [1.165, 1.54) is 30.9 Å². The van der Waals surface area contributed by atoms with Crippen molar-refractivity contribution in [1.29, 1.82) is 0 Å². The van der Waals surface area contributed by atoms with Gasteiger partial charge in [-0.2, -0.15) is 11.8 Å². The van der Waals surface area contributed by atoms with Crippen LogP contribution < -0.4 is 5.32 Å². The van der Waals surface area contributed by atoms with E-state index in [0.29, 0.717) is 5.41 Å². The Hall–Kier alpha value is 0.310. The highest BCUT2D eigenvalue weighted by molar-refractivity contribution is 7.99. The minimum atomic E-state index is 0.551. The van der Waals surface area contributed by atoms with Gasteiger partial charge in [0.15, 0.2) is 0 Å². The first kappa shape index (κ1) is 10.8. The van der Waals surface area contributed by atoms with E-state index in [2.05, 4.69) is 37.8 Å². The molecular formula is C12H23NS. The maximum atomic E-state index is 3.75. The van der Waals surface area contributed by atoms with E-state index < -0.39 is 0 Å². The van der Waals surface area contributed by atoms with Crippen molar-refractivity contribution in [2.24, 2.45) is 17.3 Å². The van der Waals surface area contributed by atoms with E-state index in [4.69, 9.17) is 0 Å². The average Bonchev–Trinajstić information content (AvgIpc) is 2.77. The Morgan fingerprint density at radius 2 is 2.14 bits per heavy atom. The van der Waals surface area contributed by atoms with Crippen LogP contribution in [-0.4, -0.2) is 24.1 Å². The van der Waals surface area contributed by atoms with Crippen LogP contribution in [0.2, 0.25) is 0 Å². The highest BCUT2D eigenvalue weighted by Gasteiger charge is 2.34. The molecule has 1 aliphatic carbocycles. The molecule has 0 aromatic heterocycles. The molecule has 3 unspecified atom stereocenters. The number of nitrogens with one attached hydrogen (secondary N) is 1. The Bertz CT molecular complexity index is 202. The van der Waals surface area contributed by atoms with Gasteiger partial charge < -0.3 is 5.32 Å². The summed E-state index contributed by atoms with van der Waals surface area (Å²) in [5, 5.41) is 3.75. The zero-order valence-corrected chi connectivity index (χ0v) is 10.5. The van der Waals surface area contributed by atoms with Crippen LogP contribution >= 0.6 is 11.8 Å². The van der Waals surface area contributed by atoms with Crippen molar-refractivity contribution in [1.82, 2.24) is 5.32 Å². The Labute approximate surface area is 92.4 Å². The molecule has 82 valence electrons. The molecule has 1 saturated carbocycles. The normalized spacial score (nSPS) is 40.9. The lowest BCUT2D eigenvalue weighted by Crippen LogP contribution is -2.41. The van der Waals surface area contributed by atoms with E-state index in [1.807, 2.05) is 0 Å². The SMILES string of the molecule is CC1CC1CNC1CSCC(C)(C)C1. The highest BCUT2D eigenvalue weighted by atomic mass is 32.2. The van der Waals surface area contributed by atoms with Crippen molar-refractivity contribution in [3.8, 4) is 0 Å². The predicted octanol–water partition coefficient (Wildman–Crippen LogP) is 2.76. The molecule has 14 heavy (non-hydrogen) atoms. The standard InChI is InChI=1S/C12H23NS/c1-9-4-10(9)6-13-11-5-12(2,3)8-14-7-11/h9-11,13H,4-8H2,1-3H3. The third-order valence-electron chi connectivity index (χ3n) is 3.56. The molecule has 1 nitrogen and oxygen atoms in total. The number of rotatable bonds is 3. The van der Waals surface area contributed by atoms with Crippen LogP contribution in [0.15, 0.2) is 0 Å². The van der Waals surface area contributed by atoms with Crippen molar-refractivity contribution in [3.05, 3.63) is 0 Å². The summed E-state index contributed by atoms with van der Waals surface area (Å²) in [5.74, 6) is 4.65. The Balaban J connectivity index is 1.70. The quantitative estimate of drug-likeness (QED) is 0.773. The van der Waals surface area contributed by atoms with Gasteiger partial charge >= 0.3 is 0 Å². The first-order valence-corrected chi connectivity index (χ1v) is 7.03. The third-order valence-corrected chi connectivity index (χ3v) is 5.18. The van der Waals surface area contributed by atoms with Crippen LogP contribution in [0, 0.1) is 17.3 Å². The summed E-state index contributed by atoms with van der Waals surface area (Å²) in [6.07, 6.45) is 2.82. The molecular weight excluding hydrogens is 190 g/mol. The van der Waals surface area contributed by atoms with Gasteiger partial charge in [0.1, 0.15) is 0 Å². The molecule has 3 atom stereocenters. The van der Waals surface area contributed by atoms with Crippen LogP contribution in [0.4, 0.5) is 0 Å². The van der Waals surface area contributed by atoms with Gasteiger partial charge in [0, 0.05) is 11.8 Å². The summed E-state index contributed by atoms with van der Waals surface area (Å²) >= 11 is 2.12. The molecule has 1 heterocycles. The Morgan fingerprint density at radius 3 is 2.71 bits per heavy atom. The molecule has 1 N–H and O–H groups in total. The van der Waals surface area contributed by atoms with E-state index >= 15 is 0 Å². The Kier molecular flexibility index (Phi) is 3.13. The molecule has 0 radical (unpaired) electrons. The van der Waals surface area contributed by atoms with Crippen molar-refractivity contribution in [2.45, 2.75) is 39.7 Å². The fraction of sp³-hybridized carbons (Fsp3) is 1.00. The van der Waals surface area contributed by atoms with Gasteiger partial charge in [-0.15, -0.1) is 0 Å². The summed E-state index contributed by atoms with van der Waals surface area (Å²) in [6, 6.07) is 0.775. The fourth-order valence-electron chi connectivity index (χ4n) is 2.39. The zero-order chi connectivity index (χ0) is 10.2. The maximum Gasteiger partial charge on any atom is 0.0163 e. The largest absolute Gasteiger partial charge is 0.313 e. The van der Waals surface area contributed by atoms with Gasteiger partial charge in [-0.3, -0.25) is 0 Å². The molecule has 0 spiro atoms. The van der Waals surface area contributed by atoms with Crippen LogP contribution in [0.5, 0.6) is 0 Å². The van der Waals surface area contributed by atoms with E-state index in [0.717, 1.165) is 17.9 Å². The van der Waals surface area contributed by atoms with Gasteiger partial charge in [-0.05, 0) is 42.4 Å². The average molecular weight is 213 g/mol. The maximum absolute atomic E-state index is 3.75. The number of hydrogen-bond donors (Lipinski definition) is 1. The van der Waals surface area contributed by atoms with E-state index in [-0.39, 0.29) is 0 Å². The van der Waals surface area contributed by atoms with Crippen LogP contribution in [0.25, 0.3) is 0 Å². The smallest absolute Gasteiger partial charge is 0.0163 e. The summed E-state index contributed by atoms with van der Waals surface area (Å²) in [4.78, 5) is 0. The molecule has 0 aromatic carbocycles. The second kappa shape index (κ2) is 4.05. The second-order valence-corrected chi connectivity index (χ2v) is 6.99. The van der Waals surface area contributed by atoms with Crippen molar-refractivity contribution >= 4 is 11.8 Å². The molecule has 2 heteroatoms. The molecule has 2 aliphatic rings.